The average molecular weight is 395 g/mol. The minimum absolute atomic E-state index is 0.0133. The van der Waals surface area contributed by atoms with E-state index in [0.29, 0.717) is 29.5 Å². The van der Waals surface area contributed by atoms with Crippen molar-refractivity contribution in [2.75, 3.05) is 0 Å². The van der Waals surface area contributed by atoms with Gasteiger partial charge in [-0.15, -0.1) is 0 Å². The van der Waals surface area contributed by atoms with Gasteiger partial charge in [0.05, 0.1) is 11.1 Å². The number of rotatable bonds is 2. The lowest BCUT2D eigenvalue weighted by Gasteiger charge is -2.21. The molecule has 0 amide bonds. The molecule has 0 spiro atoms. The number of carbonyl (C=O) groups is 1. The summed E-state index contributed by atoms with van der Waals surface area (Å²) in [6.45, 7) is 0. The number of fused-ring (bicyclic) bond motifs is 2. The van der Waals surface area contributed by atoms with Crippen molar-refractivity contribution in [2.45, 2.75) is 12.8 Å². The van der Waals surface area contributed by atoms with Gasteiger partial charge >= 0.3 is 0 Å². The number of hydrogen-bond donors (Lipinski definition) is 2. The molecule has 1 aliphatic carbocycles. The lowest BCUT2D eigenvalue weighted by molar-refractivity contribution is 0.102. The summed E-state index contributed by atoms with van der Waals surface area (Å²) in [6.07, 6.45) is 1.06. The molecular formula is C21H15BrO3. The normalized spacial score (nSPS) is 12.6. The van der Waals surface area contributed by atoms with Crippen LogP contribution in [0, 0.1) is 0 Å². The lowest BCUT2D eigenvalue weighted by atomic mass is 9.82. The third-order valence-electron chi connectivity index (χ3n) is 4.62. The molecule has 4 rings (SSSR count). The third-order valence-corrected chi connectivity index (χ3v) is 5.15. The molecule has 0 saturated carbocycles. The minimum Gasteiger partial charge on any atom is -0.507 e. The molecular weight excluding hydrogens is 380 g/mol. The second kappa shape index (κ2) is 6.05. The Morgan fingerprint density at radius 1 is 0.880 bits per heavy atom. The summed E-state index contributed by atoms with van der Waals surface area (Å²) in [4.78, 5) is 12.9. The molecule has 4 heteroatoms. The van der Waals surface area contributed by atoms with E-state index in [4.69, 9.17) is 0 Å². The Kier molecular flexibility index (Phi) is 3.85. The van der Waals surface area contributed by atoms with Crippen molar-refractivity contribution in [3.63, 3.8) is 0 Å². The van der Waals surface area contributed by atoms with E-state index in [2.05, 4.69) is 15.9 Å². The quantitative estimate of drug-likeness (QED) is 0.522. The highest BCUT2D eigenvalue weighted by atomic mass is 79.9. The second-order valence-electron chi connectivity index (χ2n) is 6.23. The third kappa shape index (κ3) is 2.72. The largest absolute Gasteiger partial charge is 0.507 e. The fourth-order valence-electron chi connectivity index (χ4n) is 3.37. The van der Waals surface area contributed by atoms with Crippen LogP contribution >= 0.6 is 15.9 Å². The van der Waals surface area contributed by atoms with Gasteiger partial charge in [0.2, 0.25) is 5.78 Å². The number of phenols is 2. The van der Waals surface area contributed by atoms with Crippen LogP contribution in [-0.4, -0.2) is 16.0 Å². The van der Waals surface area contributed by atoms with Gasteiger partial charge in [-0.1, -0.05) is 52.3 Å². The van der Waals surface area contributed by atoms with Gasteiger partial charge < -0.3 is 10.2 Å². The maximum atomic E-state index is 12.9. The van der Waals surface area contributed by atoms with Crippen LogP contribution in [0.2, 0.25) is 0 Å². The lowest BCUT2D eigenvalue weighted by Crippen LogP contribution is -2.16. The monoisotopic (exact) mass is 394 g/mol. The number of benzene rings is 3. The first-order chi connectivity index (χ1) is 12.0. The van der Waals surface area contributed by atoms with Crippen molar-refractivity contribution >= 4 is 21.7 Å². The number of aromatic hydroxyl groups is 2. The Labute approximate surface area is 153 Å². The van der Waals surface area contributed by atoms with Crippen molar-refractivity contribution in [3.05, 3.63) is 92.5 Å². The molecule has 1 aliphatic rings. The van der Waals surface area contributed by atoms with E-state index < -0.39 is 0 Å². The van der Waals surface area contributed by atoms with Crippen LogP contribution in [0.3, 0.4) is 0 Å². The predicted molar refractivity (Wildman–Crippen MR) is 99.4 cm³/mol. The first-order valence-corrected chi connectivity index (χ1v) is 8.77. The molecule has 0 bridgehead atoms. The fourth-order valence-corrected chi connectivity index (χ4v) is 3.63. The number of hydrogen-bond acceptors (Lipinski definition) is 3. The predicted octanol–water partition coefficient (Wildman–Crippen LogP) is 4.59. The first kappa shape index (κ1) is 15.9. The smallest absolute Gasteiger partial charge is 0.201 e. The Bertz CT molecular complexity index is 991. The van der Waals surface area contributed by atoms with E-state index in [1.54, 1.807) is 6.07 Å². The Morgan fingerprint density at radius 2 is 1.60 bits per heavy atom. The molecule has 0 aliphatic heterocycles. The molecule has 3 aromatic rings. The van der Waals surface area contributed by atoms with Crippen molar-refractivity contribution < 1.29 is 15.0 Å². The molecule has 0 fully saturated rings. The van der Waals surface area contributed by atoms with E-state index in [-0.39, 0.29) is 17.3 Å². The van der Waals surface area contributed by atoms with E-state index in [9.17, 15) is 15.0 Å². The van der Waals surface area contributed by atoms with Gasteiger partial charge in [0.15, 0.2) is 0 Å². The maximum absolute atomic E-state index is 12.9. The van der Waals surface area contributed by atoms with Gasteiger partial charge in [-0.05, 0) is 46.9 Å². The Morgan fingerprint density at radius 3 is 2.36 bits per heavy atom. The van der Waals surface area contributed by atoms with Gasteiger partial charge in [-0.2, -0.15) is 0 Å². The number of phenolic OH excluding ortho intramolecular Hbond substituents is 2. The van der Waals surface area contributed by atoms with E-state index in [0.717, 1.165) is 21.2 Å². The molecule has 25 heavy (non-hydrogen) atoms. The zero-order valence-electron chi connectivity index (χ0n) is 13.3. The molecule has 124 valence electrons. The molecule has 0 saturated heterocycles. The molecule has 0 aromatic heterocycles. The zero-order valence-corrected chi connectivity index (χ0v) is 14.9. The van der Waals surface area contributed by atoms with Crippen LogP contribution in [-0.2, 0) is 12.8 Å². The average Bonchev–Trinajstić information content (AvgIpc) is 2.59. The van der Waals surface area contributed by atoms with Gasteiger partial charge in [0.25, 0.3) is 0 Å². The zero-order chi connectivity index (χ0) is 17.6. The Balaban J connectivity index is 1.77. The van der Waals surface area contributed by atoms with Crippen molar-refractivity contribution in [2.24, 2.45) is 0 Å². The standard InChI is InChI=1S/C21H15BrO3/c22-16-8-4-12(5-9-16)10-15-7-6-14-11-13-2-1-3-17(23)18(13)21(25)19(14)20(15)24/h1-9,23-24H,10-11H2. The molecule has 3 aromatic carbocycles. The van der Waals surface area contributed by atoms with Crippen LogP contribution in [0.5, 0.6) is 11.5 Å². The fraction of sp³-hybridized carbons (Fsp3) is 0.0952. The van der Waals surface area contributed by atoms with E-state index >= 15 is 0 Å². The topological polar surface area (TPSA) is 57.5 Å². The van der Waals surface area contributed by atoms with Crippen LogP contribution in [0.15, 0.2) is 59.1 Å². The van der Waals surface area contributed by atoms with Gasteiger partial charge in [0.1, 0.15) is 11.5 Å². The minimum atomic E-state index is -0.315. The highest BCUT2D eigenvalue weighted by Crippen LogP contribution is 2.38. The summed E-state index contributed by atoms with van der Waals surface area (Å²) in [5, 5.41) is 20.8. The second-order valence-corrected chi connectivity index (χ2v) is 7.14. The summed E-state index contributed by atoms with van der Waals surface area (Å²) in [5.41, 5.74) is 3.94. The number of ketones is 1. The van der Waals surface area contributed by atoms with Crippen molar-refractivity contribution in [1.82, 2.24) is 0 Å². The molecule has 0 atom stereocenters. The van der Waals surface area contributed by atoms with Crippen LogP contribution in [0.4, 0.5) is 0 Å². The SMILES string of the molecule is O=C1c2c(O)cccc2Cc2ccc(Cc3ccc(Br)cc3)c(O)c21. The van der Waals surface area contributed by atoms with Crippen LogP contribution in [0.25, 0.3) is 0 Å². The summed E-state index contributed by atoms with van der Waals surface area (Å²) >= 11 is 3.41. The molecule has 2 N–H and O–H groups in total. The van der Waals surface area contributed by atoms with Crippen molar-refractivity contribution in [1.29, 1.82) is 0 Å². The number of halogens is 1. The summed E-state index contributed by atoms with van der Waals surface area (Å²) < 4.78 is 0.994. The highest BCUT2D eigenvalue weighted by Gasteiger charge is 2.29. The first-order valence-electron chi connectivity index (χ1n) is 7.98. The van der Waals surface area contributed by atoms with Gasteiger partial charge in [-0.3, -0.25) is 4.79 Å². The summed E-state index contributed by atoms with van der Waals surface area (Å²) in [5.74, 6) is -0.338. The maximum Gasteiger partial charge on any atom is 0.201 e. The van der Waals surface area contributed by atoms with E-state index in [1.165, 1.54) is 6.07 Å². The molecule has 0 unspecified atom stereocenters. The number of carbonyl (C=O) groups excluding carboxylic acids is 1. The molecule has 0 heterocycles. The van der Waals surface area contributed by atoms with E-state index in [1.807, 2.05) is 42.5 Å². The Hall–Kier alpha value is -2.59. The van der Waals surface area contributed by atoms with Gasteiger partial charge in [0, 0.05) is 10.9 Å². The van der Waals surface area contributed by atoms with Crippen molar-refractivity contribution in [3.8, 4) is 11.5 Å². The highest BCUT2D eigenvalue weighted by molar-refractivity contribution is 9.10. The molecule has 0 radical (unpaired) electrons. The summed E-state index contributed by atoms with van der Waals surface area (Å²) in [7, 11) is 0. The van der Waals surface area contributed by atoms with Crippen LogP contribution < -0.4 is 0 Å². The molecule has 3 nitrogen and oxygen atoms in total. The van der Waals surface area contributed by atoms with Gasteiger partial charge in [-0.25, -0.2) is 0 Å². The summed E-state index contributed by atoms with van der Waals surface area (Å²) in [6, 6.07) is 16.7. The van der Waals surface area contributed by atoms with Crippen LogP contribution in [0.1, 0.15) is 38.2 Å².